The number of halogens is 3. The maximum Gasteiger partial charge on any atom is 0.124 e. The highest BCUT2D eigenvalue weighted by Gasteiger charge is 2.09. The monoisotopic (exact) mass is 297 g/mol. The minimum absolute atomic E-state index is 0. The number of hydrogen-bond donors (Lipinski definition) is 2. The summed E-state index contributed by atoms with van der Waals surface area (Å²) in [5.41, 5.74) is 6.74. The lowest BCUT2D eigenvalue weighted by Crippen LogP contribution is -2.11. The van der Waals surface area contributed by atoms with Gasteiger partial charge in [0.15, 0.2) is 0 Å². The van der Waals surface area contributed by atoms with Gasteiger partial charge in [0.25, 0.3) is 0 Å². The van der Waals surface area contributed by atoms with Gasteiger partial charge < -0.3 is 10.8 Å². The molecule has 0 aliphatic heterocycles. The number of aliphatic hydroxyl groups excluding tert-OH is 1. The lowest BCUT2D eigenvalue weighted by atomic mass is 10.0. The van der Waals surface area contributed by atoms with Crippen LogP contribution in [0.2, 0.25) is 0 Å². The summed E-state index contributed by atoms with van der Waals surface area (Å²) in [5.74, 6) is -0.282. The van der Waals surface area contributed by atoms with Crippen LogP contribution in [-0.2, 0) is 0 Å². The van der Waals surface area contributed by atoms with E-state index in [1.807, 2.05) is 0 Å². The van der Waals surface area contributed by atoms with E-state index in [1.54, 1.807) is 6.07 Å². The Labute approximate surface area is 103 Å². The number of rotatable bonds is 4. The first-order chi connectivity index (χ1) is 6.65. The van der Waals surface area contributed by atoms with Crippen molar-refractivity contribution in [3.8, 4) is 0 Å². The second kappa shape index (κ2) is 7.17. The second-order valence-electron chi connectivity index (χ2n) is 3.14. The third-order valence-electron chi connectivity index (χ3n) is 2.04. The molecule has 0 aromatic heterocycles. The van der Waals surface area contributed by atoms with Crippen molar-refractivity contribution in [2.75, 3.05) is 6.61 Å². The smallest absolute Gasteiger partial charge is 0.124 e. The first kappa shape index (κ1) is 14.8. The minimum atomic E-state index is -0.282. The van der Waals surface area contributed by atoms with Crippen LogP contribution in [0.25, 0.3) is 0 Å². The van der Waals surface area contributed by atoms with Crippen molar-refractivity contribution < 1.29 is 9.50 Å². The summed E-state index contributed by atoms with van der Waals surface area (Å²) in [4.78, 5) is 0. The normalized spacial score (nSPS) is 12.0. The Balaban J connectivity index is 0.00000196. The van der Waals surface area contributed by atoms with Crippen molar-refractivity contribution in [3.63, 3.8) is 0 Å². The molecule has 0 fully saturated rings. The van der Waals surface area contributed by atoms with Crippen molar-refractivity contribution in [3.05, 3.63) is 34.1 Å². The molecule has 0 aliphatic rings. The van der Waals surface area contributed by atoms with Gasteiger partial charge in [0, 0.05) is 17.1 Å². The van der Waals surface area contributed by atoms with Crippen LogP contribution in [-0.4, -0.2) is 11.7 Å². The topological polar surface area (TPSA) is 46.2 Å². The fourth-order valence-corrected chi connectivity index (χ4v) is 1.91. The highest BCUT2D eigenvalue weighted by atomic mass is 79.9. The molecule has 3 N–H and O–H groups in total. The van der Waals surface area contributed by atoms with Crippen LogP contribution in [0.4, 0.5) is 4.39 Å². The quantitative estimate of drug-likeness (QED) is 0.898. The Morgan fingerprint density at radius 3 is 2.67 bits per heavy atom. The molecule has 0 amide bonds. The predicted molar refractivity (Wildman–Crippen MR) is 64.6 cm³/mol. The van der Waals surface area contributed by atoms with Crippen LogP contribution in [0.15, 0.2) is 22.7 Å². The molecule has 1 rings (SSSR count). The molecule has 0 spiro atoms. The van der Waals surface area contributed by atoms with Crippen molar-refractivity contribution in [2.45, 2.75) is 18.9 Å². The van der Waals surface area contributed by atoms with Gasteiger partial charge in [0.1, 0.15) is 5.82 Å². The van der Waals surface area contributed by atoms with E-state index in [0.717, 1.165) is 5.56 Å². The third-order valence-corrected chi connectivity index (χ3v) is 2.72. The van der Waals surface area contributed by atoms with Crippen molar-refractivity contribution >= 4 is 28.3 Å². The fraction of sp³-hybridized carbons (Fsp3) is 0.400. The molecule has 0 aliphatic carbocycles. The van der Waals surface area contributed by atoms with E-state index in [1.165, 1.54) is 12.1 Å². The number of hydrogen-bond acceptors (Lipinski definition) is 2. The molecule has 5 heteroatoms. The average molecular weight is 299 g/mol. The predicted octanol–water partition coefficient (Wildman–Crippen LogP) is 2.78. The van der Waals surface area contributed by atoms with Crippen LogP contribution < -0.4 is 5.73 Å². The van der Waals surface area contributed by atoms with Crippen LogP contribution >= 0.6 is 28.3 Å². The SMILES string of the molecule is Cl.N[C@@H](CCCO)c1ccc(F)cc1Br. The maximum absolute atomic E-state index is 12.8. The highest BCUT2D eigenvalue weighted by molar-refractivity contribution is 9.10. The molecule has 1 atom stereocenters. The Hall–Kier alpha value is -0.160. The molecular weight excluding hydrogens is 284 g/mol. The Kier molecular flexibility index (Phi) is 7.09. The summed E-state index contributed by atoms with van der Waals surface area (Å²) in [7, 11) is 0. The summed E-state index contributed by atoms with van der Waals surface area (Å²) in [6, 6.07) is 4.30. The molecule has 0 bridgehead atoms. The molecular formula is C10H14BrClFNO. The molecule has 86 valence electrons. The maximum atomic E-state index is 12.8. The van der Waals surface area contributed by atoms with E-state index in [-0.39, 0.29) is 30.9 Å². The molecule has 1 aromatic carbocycles. The van der Waals surface area contributed by atoms with Gasteiger partial charge in [-0.25, -0.2) is 4.39 Å². The van der Waals surface area contributed by atoms with E-state index >= 15 is 0 Å². The zero-order chi connectivity index (χ0) is 10.6. The van der Waals surface area contributed by atoms with Gasteiger partial charge in [-0.2, -0.15) is 0 Å². The van der Waals surface area contributed by atoms with Gasteiger partial charge in [0.05, 0.1) is 0 Å². The van der Waals surface area contributed by atoms with Crippen molar-refractivity contribution in [2.24, 2.45) is 5.73 Å². The van der Waals surface area contributed by atoms with E-state index in [2.05, 4.69) is 15.9 Å². The first-order valence-electron chi connectivity index (χ1n) is 4.46. The Bertz CT molecular complexity index is 311. The van der Waals surface area contributed by atoms with Crippen molar-refractivity contribution in [1.82, 2.24) is 0 Å². The Morgan fingerprint density at radius 2 is 2.13 bits per heavy atom. The van der Waals surface area contributed by atoms with Crippen LogP contribution in [0.3, 0.4) is 0 Å². The average Bonchev–Trinajstić information content (AvgIpc) is 2.14. The Morgan fingerprint density at radius 1 is 1.47 bits per heavy atom. The summed E-state index contributed by atoms with van der Waals surface area (Å²) < 4.78 is 13.4. The summed E-state index contributed by atoms with van der Waals surface area (Å²) in [6.45, 7) is 0.131. The molecule has 0 saturated carbocycles. The highest BCUT2D eigenvalue weighted by Crippen LogP contribution is 2.25. The molecule has 0 heterocycles. The molecule has 15 heavy (non-hydrogen) atoms. The standard InChI is InChI=1S/C10H13BrFNO.ClH/c11-9-6-7(12)3-4-8(9)10(13)2-1-5-14;/h3-4,6,10,14H,1-2,5,13H2;1H/t10-;/m0./s1. The van der Waals surface area contributed by atoms with Crippen LogP contribution in [0, 0.1) is 5.82 Å². The molecule has 0 radical (unpaired) electrons. The number of aliphatic hydroxyl groups is 1. The number of nitrogens with two attached hydrogens (primary N) is 1. The third kappa shape index (κ3) is 4.47. The van der Waals surface area contributed by atoms with Gasteiger partial charge in [0.2, 0.25) is 0 Å². The fourth-order valence-electron chi connectivity index (χ4n) is 1.27. The largest absolute Gasteiger partial charge is 0.396 e. The molecule has 0 saturated heterocycles. The molecule has 1 aromatic rings. The lowest BCUT2D eigenvalue weighted by molar-refractivity contribution is 0.280. The van der Waals surface area contributed by atoms with Gasteiger partial charge in [-0.15, -0.1) is 12.4 Å². The summed E-state index contributed by atoms with van der Waals surface area (Å²) in [6.07, 6.45) is 1.35. The summed E-state index contributed by atoms with van der Waals surface area (Å²) in [5, 5.41) is 8.65. The zero-order valence-electron chi connectivity index (χ0n) is 8.12. The van der Waals surface area contributed by atoms with E-state index in [4.69, 9.17) is 10.8 Å². The van der Waals surface area contributed by atoms with E-state index in [0.29, 0.717) is 17.3 Å². The second-order valence-corrected chi connectivity index (χ2v) is 3.99. The lowest BCUT2D eigenvalue weighted by Gasteiger charge is -2.12. The number of benzene rings is 1. The van der Waals surface area contributed by atoms with Crippen molar-refractivity contribution in [1.29, 1.82) is 0 Å². The van der Waals surface area contributed by atoms with Gasteiger partial charge >= 0.3 is 0 Å². The van der Waals surface area contributed by atoms with Gasteiger partial charge in [-0.1, -0.05) is 22.0 Å². The van der Waals surface area contributed by atoms with Crippen LogP contribution in [0.1, 0.15) is 24.4 Å². The minimum Gasteiger partial charge on any atom is -0.396 e. The van der Waals surface area contributed by atoms with Gasteiger partial charge in [-0.3, -0.25) is 0 Å². The van der Waals surface area contributed by atoms with Gasteiger partial charge in [-0.05, 0) is 30.5 Å². The zero-order valence-corrected chi connectivity index (χ0v) is 10.5. The van der Waals surface area contributed by atoms with E-state index < -0.39 is 0 Å². The van der Waals surface area contributed by atoms with Crippen LogP contribution in [0.5, 0.6) is 0 Å². The van der Waals surface area contributed by atoms with E-state index in [9.17, 15) is 4.39 Å². The first-order valence-corrected chi connectivity index (χ1v) is 5.26. The summed E-state index contributed by atoms with van der Waals surface area (Å²) >= 11 is 3.26. The molecule has 2 nitrogen and oxygen atoms in total. The molecule has 0 unspecified atom stereocenters.